The van der Waals surface area contributed by atoms with Gasteiger partial charge in [-0.05, 0) is 48.9 Å². The topological polar surface area (TPSA) is 386 Å². The van der Waals surface area contributed by atoms with E-state index >= 15 is 0 Å². The monoisotopic (exact) mass is 1010 g/mol. The van der Waals surface area contributed by atoms with Gasteiger partial charge in [0.25, 0.3) is 0 Å². The number of carbonyl (C=O) groups is 8. The smallest absolute Gasteiger partial charge is 0.490 e. The number of hydrogen-bond acceptors (Lipinski definition) is 11. The summed E-state index contributed by atoms with van der Waals surface area (Å²) in [5.74, 6) is -9.64. The molecule has 4 atom stereocenters. The molecule has 0 aliphatic carbocycles. The van der Waals surface area contributed by atoms with Crippen molar-refractivity contribution in [1.82, 2.24) is 26.6 Å². The Labute approximate surface area is 399 Å². The van der Waals surface area contributed by atoms with Gasteiger partial charge in [-0.1, -0.05) is 66.7 Å². The molecule has 0 radical (unpaired) electrons. The molecule has 3 aromatic rings. The van der Waals surface area contributed by atoms with Crippen LogP contribution in [0.25, 0.3) is 0 Å². The van der Waals surface area contributed by atoms with Gasteiger partial charge in [0.05, 0.1) is 6.54 Å². The molecule has 0 saturated carbocycles. The standard InChI is InChI=1S/C39H49N11O7.2C2HF3O2/c40-38(41)44-18-4-8-28-35(55)48-29(9-5-19-45-39(42)43)36(56)50-30(20-23-10-14-26(15-11-23)33(53)25-6-2-1-3-7-25)34(54)46-22-32(52)47-31(37(57)49-28)21-24-12-16-27(51)17-13-24;2*3-2(4,5)1(6)7/h1-3,6-7,10-17,28-31,51H,4-5,8-9,18-22H2,(H,46,54)(H,47,52)(H,48,55)(H,49,57)(H,50,56)(H4,40,41,44)(H4,42,43,45);2*(H,6,7)/t28-,29-,30-,31+;;/m0../s1. The van der Waals surface area contributed by atoms with Crippen LogP contribution in [0.3, 0.4) is 0 Å². The Morgan fingerprint density at radius 2 is 0.915 bits per heavy atom. The third kappa shape index (κ3) is 22.5. The molecule has 28 heteroatoms. The van der Waals surface area contributed by atoms with Crippen LogP contribution in [0.4, 0.5) is 26.3 Å². The van der Waals surface area contributed by atoms with Crippen LogP contribution < -0.4 is 49.5 Å². The van der Waals surface area contributed by atoms with Crippen molar-refractivity contribution in [3.63, 3.8) is 0 Å². The molecule has 3 aromatic carbocycles. The maximum atomic E-state index is 14.0. The van der Waals surface area contributed by atoms with Crippen LogP contribution in [0.15, 0.2) is 88.8 Å². The first-order chi connectivity index (χ1) is 33.2. The average Bonchev–Trinajstić information content (AvgIpc) is 3.30. The summed E-state index contributed by atoms with van der Waals surface area (Å²) in [6.45, 7) is -0.295. The summed E-state index contributed by atoms with van der Waals surface area (Å²) in [4.78, 5) is 107. The van der Waals surface area contributed by atoms with E-state index in [2.05, 4.69) is 36.6 Å². The van der Waals surface area contributed by atoms with Crippen molar-refractivity contribution in [1.29, 1.82) is 0 Å². The molecule has 0 bridgehead atoms. The zero-order valence-electron chi connectivity index (χ0n) is 37.3. The number of ketones is 1. The summed E-state index contributed by atoms with van der Waals surface area (Å²) in [6, 6.07) is 16.4. The second kappa shape index (κ2) is 28.1. The molecular weight excluding hydrogens is 961 g/mol. The van der Waals surface area contributed by atoms with E-state index in [0.29, 0.717) is 22.3 Å². The molecule has 1 aliphatic heterocycles. The molecule has 1 fully saturated rings. The number of phenolic OH excluding ortho intramolecular Hbond substituents is 1. The maximum absolute atomic E-state index is 14.0. The Morgan fingerprint density at radius 1 is 0.549 bits per heavy atom. The fraction of sp³-hybridized carbons (Fsp3) is 0.349. The number of aromatic hydroxyl groups is 1. The third-order valence-electron chi connectivity index (χ3n) is 9.42. The minimum Gasteiger partial charge on any atom is -0.508 e. The van der Waals surface area contributed by atoms with Gasteiger partial charge in [0, 0.05) is 37.1 Å². The van der Waals surface area contributed by atoms with E-state index in [4.69, 9.17) is 42.7 Å². The van der Waals surface area contributed by atoms with Crippen LogP contribution in [-0.2, 0) is 46.4 Å². The molecule has 1 aliphatic rings. The van der Waals surface area contributed by atoms with Gasteiger partial charge in [-0.25, -0.2) is 9.59 Å². The van der Waals surface area contributed by atoms with Crippen molar-refractivity contribution >= 4 is 59.2 Å². The lowest BCUT2D eigenvalue weighted by molar-refractivity contribution is -0.193. The van der Waals surface area contributed by atoms with E-state index in [9.17, 15) is 60.2 Å². The van der Waals surface area contributed by atoms with Crippen LogP contribution in [0.1, 0.15) is 52.7 Å². The predicted molar refractivity (Wildman–Crippen MR) is 240 cm³/mol. The Kier molecular flexibility index (Phi) is 23.2. The lowest BCUT2D eigenvalue weighted by Gasteiger charge is -2.26. The van der Waals surface area contributed by atoms with Gasteiger partial charge in [-0.15, -0.1) is 0 Å². The molecular formula is C43H51F6N11O11. The first kappa shape index (κ1) is 58.7. The first-order valence-corrected chi connectivity index (χ1v) is 20.8. The number of rotatable bonds is 14. The summed E-state index contributed by atoms with van der Waals surface area (Å²) in [5, 5.41) is 37.3. The van der Waals surface area contributed by atoms with Crippen LogP contribution in [0.5, 0.6) is 5.75 Å². The number of carboxylic acids is 2. The van der Waals surface area contributed by atoms with E-state index in [1.165, 1.54) is 12.1 Å². The van der Waals surface area contributed by atoms with E-state index in [0.717, 1.165) is 0 Å². The maximum Gasteiger partial charge on any atom is 0.490 e. The van der Waals surface area contributed by atoms with Crippen molar-refractivity contribution in [3.05, 3.63) is 101 Å². The molecule has 71 heavy (non-hydrogen) atoms. The molecule has 22 nitrogen and oxygen atoms in total. The molecule has 0 spiro atoms. The number of nitrogens with zero attached hydrogens (tertiary/aromatic N) is 2. The van der Waals surface area contributed by atoms with Crippen LogP contribution in [-0.4, -0.2) is 131 Å². The van der Waals surface area contributed by atoms with Gasteiger partial charge in [-0.3, -0.25) is 38.8 Å². The Morgan fingerprint density at radius 3 is 1.32 bits per heavy atom. The number of aliphatic carboxylic acids is 2. The average molecular weight is 1010 g/mol. The number of phenols is 1. The summed E-state index contributed by atoms with van der Waals surface area (Å²) in [6.07, 6.45) is -9.67. The molecule has 5 amide bonds. The minimum atomic E-state index is -5.08. The highest BCUT2D eigenvalue weighted by atomic mass is 19.4. The SMILES string of the molecule is NC(N)=NCCC[C@@H]1NC(=O)[C@H](CCCN=C(N)N)NC(=O)[C@@H](Cc2ccc(O)cc2)NC(=O)CNC(=O)[C@H](Cc2ccc(C(=O)c3ccccc3)cc2)NC1=O.O=C(O)C(F)(F)F.O=C(O)C(F)(F)F. The second-order valence-electron chi connectivity index (χ2n) is 15.0. The molecule has 0 unspecified atom stereocenters. The van der Waals surface area contributed by atoms with Gasteiger partial charge in [0.1, 0.15) is 29.9 Å². The number of guanidine groups is 2. The number of alkyl halides is 6. The van der Waals surface area contributed by atoms with Gasteiger partial charge in [-0.2, -0.15) is 26.3 Å². The van der Waals surface area contributed by atoms with Gasteiger partial charge in [0.15, 0.2) is 17.7 Å². The van der Waals surface area contributed by atoms with E-state index in [1.807, 2.05) is 0 Å². The molecule has 16 N–H and O–H groups in total. The third-order valence-corrected chi connectivity index (χ3v) is 9.42. The second-order valence-corrected chi connectivity index (χ2v) is 15.0. The van der Waals surface area contributed by atoms with Crippen molar-refractivity contribution in [3.8, 4) is 5.75 Å². The first-order valence-electron chi connectivity index (χ1n) is 20.8. The Balaban J connectivity index is 0.00000107. The quantitative estimate of drug-likeness (QED) is 0.0329. The van der Waals surface area contributed by atoms with Crippen LogP contribution in [0, 0.1) is 0 Å². The number of nitrogens with two attached hydrogens (primary N) is 4. The number of halogens is 6. The number of nitrogens with one attached hydrogen (secondary N) is 5. The Hall–Kier alpha value is -8.46. The summed E-state index contributed by atoms with van der Waals surface area (Å²) < 4.78 is 63.5. The van der Waals surface area contributed by atoms with Crippen LogP contribution in [0.2, 0.25) is 0 Å². The zero-order chi connectivity index (χ0) is 53.5. The molecule has 4 rings (SSSR count). The normalized spacial score (nSPS) is 17.7. The Bertz CT molecular complexity index is 2340. The molecule has 0 aromatic heterocycles. The fourth-order valence-electron chi connectivity index (χ4n) is 5.97. The largest absolute Gasteiger partial charge is 0.508 e. The number of amides is 5. The van der Waals surface area contributed by atoms with Gasteiger partial charge in [0.2, 0.25) is 29.5 Å². The van der Waals surface area contributed by atoms with Crippen LogP contribution >= 0.6 is 0 Å². The highest BCUT2D eigenvalue weighted by Gasteiger charge is 2.39. The lowest BCUT2D eigenvalue weighted by Crippen LogP contribution is -2.58. The van der Waals surface area contributed by atoms with Crippen molar-refractivity contribution in [2.45, 2.75) is 75.0 Å². The number of hydrogen-bond donors (Lipinski definition) is 12. The highest BCUT2D eigenvalue weighted by molar-refractivity contribution is 6.09. The van der Waals surface area contributed by atoms with Crippen molar-refractivity contribution < 1.29 is 80.0 Å². The van der Waals surface area contributed by atoms with Crippen molar-refractivity contribution in [2.24, 2.45) is 32.9 Å². The zero-order valence-corrected chi connectivity index (χ0v) is 37.3. The van der Waals surface area contributed by atoms with E-state index in [-0.39, 0.29) is 75.1 Å². The molecule has 1 heterocycles. The van der Waals surface area contributed by atoms with E-state index in [1.54, 1.807) is 66.7 Å². The summed E-state index contributed by atoms with van der Waals surface area (Å²) in [5.41, 5.74) is 24.0. The fourth-order valence-corrected chi connectivity index (χ4v) is 5.97. The molecule has 386 valence electrons. The highest BCUT2D eigenvalue weighted by Crippen LogP contribution is 2.16. The minimum absolute atomic E-state index is 0.00304. The number of benzene rings is 3. The van der Waals surface area contributed by atoms with Gasteiger partial charge >= 0.3 is 24.3 Å². The van der Waals surface area contributed by atoms with Gasteiger partial charge < -0.3 is 64.8 Å². The summed E-state index contributed by atoms with van der Waals surface area (Å²) in [7, 11) is 0. The number of carboxylic acid groups (broad SMARTS) is 2. The van der Waals surface area contributed by atoms with E-state index < -0.39 is 84.5 Å². The summed E-state index contributed by atoms with van der Waals surface area (Å²) >= 11 is 0. The lowest BCUT2D eigenvalue weighted by atomic mass is 9.99. The number of carbonyl (C=O) groups excluding carboxylic acids is 6. The predicted octanol–water partition coefficient (Wildman–Crippen LogP) is -0.149. The van der Waals surface area contributed by atoms with Crippen molar-refractivity contribution in [2.75, 3.05) is 19.6 Å². The number of aliphatic imine (C=N–C) groups is 2. The molecule has 1 saturated heterocycles.